The maximum Gasteiger partial charge on any atom is 0.264 e. The first-order valence-electron chi connectivity index (χ1n) is 13.3. The summed E-state index contributed by atoms with van der Waals surface area (Å²) in [6, 6.07) is 26.4. The van der Waals surface area contributed by atoms with Crippen molar-refractivity contribution in [1.82, 2.24) is 10.2 Å². The lowest BCUT2D eigenvalue weighted by Crippen LogP contribution is -2.53. The van der Waals surface area contributed by atoms with Crippen molar-refractivity contribution in [1.29, 1.82) is 0 Å². The molecule has 4 aromatic rings. The Morgan fingerprint density at radius 2 is 1.49 bits per heavy atom. The minimum atomic E-state index is -4.26. The van der Waals surface area contributed by atoms with E-state index in [9.17, 15) is 18.0 Å². The zero-order chi connectivity index (χ0) is 31.1. The number of rotatable bonds is 11. The van der Waals surface area contributed by atoms with Crippen LogP contribution in [0.4, 0.5) is 5.69 Å². The van der Waals surface area contributed by atoms with Crippen LogP contribution in [-0.2, 0) is 32.6 Å². The first kappa shape index (κ1) is 32.5. The van der Waals surface area contributed by atoms with E-state index >= 15 is 0 Å². The van der Waals surface area contributed by atoms with Gasteiger partial charge in [-0.1, -0.05) is 99.3 Å². The molecule has 0 aliphatic heterocycles. The van der Waals surface area contributed by atoms with Crippen molar-refractivity contribution in [3.8, 4) is 0 Å². The summed E-state index contributed by atoms with van der Waals surface area (Å²) in [7, 11) is -2.76. The maximum atomic E-state index is 14.3. The molecule has 11 heteroatoms. The van der Waals surface area contributed by atoms with Crippen molar-refractivity contribution in [3.63, 3.8) is 0 Å². The largest absolute Gasteiger partial charge is 0.357 e. The van der Waals surface area contributed by atoms with Gasteiger partial charge >= 0.3 is 0 Å². The molecule has 0 aliphatic rings. The summed E-state index contributed by atoms with van der Waals surface area (Å²) in [6.45, 7) is 1.29. The summed E-state index contributed by atoms with van der Waals surface area (Å²) in [5.74, 6) is -0.970. The first-order chi connectivity index (χ1) is 20.5. The van der Waals surface area contributed by atoms with Crippen LogP contribution >= 0.6 is 39.1 Å². The van der Waals surface area contributed by atoms with Gasteiger partial charge in [0.2, 0.25) is 11.8 Å². The number of aryl methyl sites for hydroxylation is 1. The van der Waals surface area contributed by atoms with Crippen LogP contribution < -0.4 is 9.62 Å². The zero-order valence-corrected chi connectivity index (χ0v) is 27.4. The van der Waals surface area contributed by atoms with Gasteiger partial charge in [0, 0.05) is 34.5 Å². The number of nitrogens with zero attached hydrogens (tertiary/aromatic N) is 2. The Kier molecular flexibility index (Phi) is 10.9. The number of anilines is 1. The van der Waals surface area contributed by atoms with E-state index in [0.29, 0.717) is 0 Å². The number of benzene rings is 4. The van der Waals surface area contributed by atoms with Gasteiger partial charge in [-0.05, 0) is 60.5 Å². The molecular formula is C32H30BrCl2N3O4S. The zero-order valence-electron chi connectivity index (χ0n) is 23.5. The van der Waals surface area contributed by atoms with Crippen LogP contribution in [0.5, 0.6) is 0 Å². The summed E-state index contributed by atoms with van der Waals surface area (Å²) in [4.78, 5) is 29.1. The summed E-state index contributed by atoms with van der Waals surface area (Å²) >= 11 is 16.0. The van der Waals surface area contributed by atoms with Gasteiger partial charge in [-0.2, -0.15) is 0 Å². The number of carbonyl (C=O) groups excluding carboxylic acids is 2. The van der Waals surface area contributed by atoms with E-state index < -0.39 is 28.5 Å². The molecule has 43 heavy (non-hydrogen) atoms. The van der Waals surface area contributed by atoms with Gasteiger partial charge in [0.1, 0.15) is 12.6 Å². The number of halogens is 3. The third kappa shape index (κ3) is 8.38. The topological polar surface area (TPSA) is 86.8 Å². The third-order valence-electron chi connectivity index (χ3n) is 6.78. The van der Waals surface area contributed by atoms with Crippen molar-refractivity contribution >= 4 is 66.7 Å². The van der Waals surface area contributed by atoms with E-state index in [1.54, 1.807) is 12.1 Å². The molecule has 0 fully saturated rings. The van der Waals surface area contributed by atoms with E-state index in [2.05, 4.69) is 21.2 Å². The van der Waals surface area contributed by atoms with Gasteiger partial charge in [0.15, 0.2) is 0 Å². The molecule has 4 rings (SSSR count). The lowest BCUT2D eigenvalue weighted by atomic mass is 10.0. The molecule has 0 bridgehead atoms. The molecule has 7 nitrogen and oxygen atoms in total. The lowest BCUT2D eigenvalue weighted by Gasteiger charge is -2.33. The average Bonchev–Trinajstić information content (AvgIpc) is 2.97. The molecule has 0 aliphatic carbocycles. The van der Waals surface area contributed by atoms with E-state index in [0.717, 1.165) is 25.5 Å². The van der Waals surface area contributed by atoms with Gasteiger partial charge in [-0.25, -0.2) is 8.42 Å². The highest BCUT2D eigenvalue weighted by Gasteiger charge is 2.34. The number of hydrogen-bond donors (Lipinski definition) is 1. The summed E-state index contributed by atoms with van der Waals surface area (Å²) in [5.41, 5.74) is 2.59. The molecule has 0 heterocycles. The van der Waals surface area contributed by atoms with Crippen LogP contribution in [0, 0.1) is 6.92 Å². The van der Waals surface area contributed by atoms with Crippen LogP contribution in [0.2, 0.25) is 10.0 Å². The van der Waals surface area contributed by atoms with Crippen LogP contribution in [0.3, 0.4) is 0 Å². The molecule has 2 amide bonds. The van der Waals surface area contributed by atoms with E-state index in [4.69, 9.17) is 23.2 Å². The maximum absolute atomic E-state index is 14.3. The van der Waals surface area contributed by atoms with Crippen LogP contribution in [-0.4, -0.2) is 44.8 Å². The standard InChI is InChI=1S/C32H30BrCl2N3O4S/c1-22-11-13-29(14-12-22)43(41,42)38(28-18-26(34)17-27(35)19-28)21-31(39)37(20-24-9-6-10-25(33)15-24)30(32(40)36-2)16-23-7-4-3-5-8-23/h3-15,17-19,30H,16,20-21H2,1-2H3,(H,36,40). The van der Waals surface area contributed by atoms with Crippen LogP contribution in [0.15, 0.2) is 106 Å². The van der Waals surface area contributed by atoms with Gasteiger partial charge in [-0.3, -0.25) is 13.9 Å². The first-order valence-corrected chi connectivity index (χ1v) is 16.3. The van der Waals surface area contributed by atoms with E-state index in [-0.39, 0.29) is 39.5 Å². The van der Waals surface area contributed by atoms with Crippen molar-refractivity contribution in [2.75, 3.05) is 17.9 Å². The number of sulfonamides is 1. The fourth-order valence-electron chi connectivity index (χ4n) is 4.60. The monoisotopic (exact) mass is 701 g/mol. The average molecular weight is 703 g/mol. The van der Waals surface area contributed by atoms with Gasteiger partial charge in [-0.15, -0.1) is 0 Å². The van der Waals surface area contributed by atoms with E-state index in [1.165, 1.54) is 42.3 Å². The highest BCUT2D eigenvalue weighted by Crippen LogP contribution is 2.30. The second kappa shape index (κ2) is 14.4. The Morgan fingerprint density at radius 3 is 2.09 bits per heavy atom. The molecule has 224 valence electrons. The highest BCUT2D eigenvalue weighted by atomic mass is 79.9. The van der Waals surface area contributed by atoms with Crippen molar-refractivity contribution in [2.45, 2.75) is 30.8 Å². The molecule has 1 N–H and O–H groups in total. The Morgan fingerprint density at radius 1 is 0.860 bits per heavy atom. The molecule has 0 spiro atoms. The highest BCUT2D eigenvalue weighted by molar-refractivity contribution is 9.10. The fraction of sp³-hybridized carbons (Fsp3) is 0.188. The van der Waals surface area contributed by atoms with Crippen LogP contribution in [0.25, 0.3) is 0 Å². The summed E-state index contributed by atoms with van der Waals surface area (Å²) < 4.78 is 29.9. The van der Waals surface area contributed by atoms with Gasteiger partial charge in [0.05, 0.1) is 10.6 Å². The predicted octanol–water partition coefficient (Wildman–Crippen LogP) is 6.65. The number of carbonyl (C=O) groups is 2. The lowest BCUT2D eigenvalue weighted by molar-refractivity contribution is -0.139. The van der Waals surface area contributed by atoms with Crippen molar-refractivity contribution in [3.05, 3.63) is 128 Å². The molecule has 0 radical (unpaired) electrons. The molecule has 0 saturated heterocycles. The number of likely N-dealkylation sites (N-methyl/N-ethyl adjacent to an activating group) is 1. The molecule has 1 unspecified atom stereocenters. The summed E-state index contributed by atoms with van der Waals surface area (Å²) in [5, 5.41) is 3.08. The minimum absolute atomic E-state index is 0.00678. The molecular weight excluding hydrogens is 673 g/mol. The number of hydrogen-bond acceptors (Lipinski definition) is 4. The number of nitrogens with one attached hydrogen (secondary N) is 1. The smallest absolute Gasteiger partial charge is 0.264 e. The van der Waals surface area contributed by atoms with Crippen molar-refractivity contribution in [2.24, 2.45) is 0 Å². The van der Waals surface area contributed by atoms with Gasteiger partial charge < -0.3 is 10.2 Å². The molecule has 4 aromatic carbocycles. The Balaban J connectivity index is 1.81. The Labute approximate surface area is 270 Å². The summed E-state index contributed by atoms with van der Waals surface area (Å²) in [6.07, 6.45) is 0.216. The SMILES string of the molecule is CNC(=O)C(Cc1ccccc1)N(Cc1cccc(Br)c1)C(=O)CN(c1cc(Cl)cc(Cl)c1)S(=O)(=O)c1ccc(C)cc1. The quantitative estimate of drug-likeness (QED) is 0.190. The molecule has 0 aromatic heterocycles. The van der Waals surface area contributed by atoms with Gasteiger partial charge in [0.25, 0.3) is 10.0 Å². The second-order valence-electron chi connectivity index (χ2n) is 9.92. The number of amides is 2. The minimum Gasteiger partial charge on any atom is -0.357 e. The van der Waals surface area contributed by atoms with Crippen LogP contribution in [0.1, 0.15) is 16.7 Å². The third-order valence-corrected chi connectivity index (χ3v) is 9.50. The molecule has 0 saturated carbocycles. The normalized spacial score (nSPS) is 11.9. The van der Waals surface area contributed by atoms with Crippen molar-refractivity contribution < 1.29 is 18.0 Å². The fourth-order valence-corrected chi connectivity index (χ4v) is 6.96. The Hall–Kier alpha value is -3.37. The predicted molar refractivity (Wildman–Crippen MR) is 175 cm³/mol. The van der Waals surface area contributed by atoms with E-state index in [1.807, 2.05) is 61.5 Å². The Bertz CT molecular complexity index is 1680. The molecule has 1 atom stereocenters. The second-order valence-corrected chi connectivity index (χ2v) is 13.6.